The van der Waals surface area contributed by atoms with Gasteiger partial charge >= 0.3 is 0 Å². The Bertz CT molecular complexity index is 407. The molecular formula is C11H16O2S2. The lowest BCUT2D eigenvalue weighted by atomic mass is 10.0. The molecule has 0 saturated heterocycles. The van der Waals surface area contributed by atoms with Crippen molar-refractivity contribution in [1.82, 2.24) is 0 Å². The molecule has 0 bridgehead atoms. The Morgan fingerprint density at radius 1 is 1.27 bits per heavy atom. The molecule has 15 heavy (non-hydrogen) atoms. The fraction of sp³-hybridized carbons (Fsp3) is 0.455. The lowest BCUT2D eigenvalue weighted by molar-refractivity contribution is 0.601. The van der Waals surface area contributed by atoms with Gasteiger partial charge in [0.2, 0.25) is 0 Å². The Balaban J connectivity index is 2.82. The molecule has 1 aromatic rings. The van der Waals surface area contributed by atoms with E-state index in [2.05, 4.69) is 19.6 Å². The predicted molar refractivity (Wildman–Crippen MR) is 66.3 cm³/mol. The van der Waals surface area contributed by atoms with E-state index in [0.29, 0.717) is 10.8 Å². The van der Waals surface area contributed by atoms with E-state index < -0.39 is 9.84 Å². The summed E-state index contributed by atoms with van der Waals surface area (Å²) in [7, 11) is -3.07. The zero-order valence-electron chi connectivity index (χ0n) is 8.97. The smallest absolute Gasteiger partial charge is 0.175 e. The number of rotatable bonds is 4. The summed E-state index contributed by atoms with van der Waals surface area (Å²) >= 11 is 4.22. The van der Waals surface area contributed by atoms with Crippen LogP contribution in [0.25, 0.3) is 0 Å². The molecule has 0 radical (unpaired) electrons. The molecule has 1 aromatic carbocycles. The van der Waals surface area contributed by atoms with Gasteiger partial charge in [-0.3, -0.25) is 0 Å². The standard InChI is InChI=1S/C11H16O2S2/c1-9(8-14)7-10-3-5-11(6-4-10)15(2,12)13/h3-6,9,14H,7-8H2,1-2H3. The zero-order chi connectivity index (χ0) is 11.5. The number of sulfone groups is 1. The lowest BCUT2D eigenvalue weighted by Gasteiger charge is -2.08. The van der Waals surface area contributed by atoms with Crippen LogP contribution in [0.3, 0.4) is 0 Å². The molecule has 0 aliphatic carbocycles. The first kappa shape index (κ1) is 12.6. The summed E-state index contributed by atoms with van der Waals surface area (Å²) in [5, 5.41) is 0. The maximum absolute atomic E-state index is 11.2. The fourth-order valence-corrected chi connectivity index (χ4v) is 2.10. The van der Waals surface area contributed by atoms with Crippen LogP contribution in [0.4, 0.5) is 0 Å². The highest BCUT2D eigenvalue weighted by Gasteiger charge is 2.07. The lowest BCUT2D eigenvalue weighted by Crippen LogP contribution is -2.02. The van der Waals surface area contributed by atoms with Gasteiger partial charge in [-0.05, 0) is 35.8 Å². The molecule has 0 fully saturated rings. The van der Waals surface area contributed by atoms with Crippen LogP contribution in [-0.2, 0) is 16.3 Å². The van der Waals surface area contributed by atoms with Gasteiger partial charge in [0, 0.05) is 6.26 Å². The minimum Gasteiger partial charge on any atom is -0.224 e. The predicted octanol–water partition coefficient (Wildman–Crippen LogP) is 2.20. The van der Waals surface area contributed by atoms with E-state index in [9.17, 15) is 8.42 Å². The van der Waals surface area contributed by atoms with Crippen molar-refractivity contribution in [2.24, 2.45) is 5.92 Å². The quantitative estimate of drug-likeness (QED) is 0.824. The molecule has 84 valence electrons. The van der Waals surface area contributed by atoms with Crippen molar-refractivity contribution in [3.8, 4) is 0 Å². The van der Waals surface area contributed by atoms with Crippen molar-refractivity contribution in [1.29, 1.82) is 0 Å². The average Bonchev–Trinajstić information content (AvgIpc) is 2.17. The molecule has 0 amide bonds. The zero-order valence-corrected chi connectivity index (χ0v) is 10.7. The van der Waals surface area contributed by atoms with Gasteiger partial charge in [0.1, 0.15) is 0 Å². The second kappa shape index (κ2) is 5.03. The summed E-state index contributed by atoms with van der Waals surface area (Å²) in [6.07, 6.45) is 2.16. The molecule has 0 aliphatic rings. The molecule has 0 N–H and O–H groups in total. The van der Waals surface area contributed by atoms with Crippen LogP contribution in [0.1, 0.15) is 12.5 Å². The molecule has 1 atom stereocenters. The van der Waals surface area contributed by atoms with Crippen molar-refractivity contribution < 1.29 is 8.42 Å². The van der Waals surface area contributed by atoms with Crippen LogP contribution in [0.5, 0.6) is 0 Å². The molecular weight excluding hydrogens is 228 g/mol. The molecule has 0 spiro atoms. The Morgan fingerprint density at radius 3 is 2.20 bits per heavy atom. The normalized spacial score (nSPS) is 13.8. The van der Waals surface area contributed by atoms with E-state index in [1.165, 1.54) is 6.26 Å². The van der Waals surface area contributed by atoms with Crippen LogP contribution < -0.4 is 0 Å². The number of hydrogen-bond acceptors (Lipinski definition) is 3. The second-order valence-electron chi connectivity index (χ2n) is 3.91. The van der Waals surface area contributed by atoms with Crippen LogP contribution in [0, 0.1) is 5.92 Å². The first-order valence-corrected chi connectivity index (χ1v) is 7.35. The molecule has 1 rings (SSSR count). The van der Waals surface area contributed by atoms with Crippen LogP contribution in [-0.4, -0.2) is 20.4 Å². The summed E-state index contributed by atoms with van der Waals surface area (Å²) in [6, 6.07) is 7.07. The molecule has 0 aromatic heterocycles. The summed E-state index contributed by atoms with van der Waals surface area (Å²) in [5.74, 6) is 1.35. The highest BCUT2D eigenvalue weighted by molar-refractivity contribution is 7.90. The van der Waals surface area contributed by atoms with E-state index in [1.807, 2.05) is 12.1 Å². The van der Waals surface area contributed by atoms with E-state index >= 15 is 0 Å². The Kier molecular flexibility index (Phi) is 4.22. The Hall–Kier alpha value is -0.480. The minimum absolute atomic E-state index is 0.379. The molecule has 0 heterocycles. The third kappa shape index (κ3) is 3.87. The number of hydrogen-bond donors (Lipinski definition) is 1. The van der Waals surface area contributed by atoms with E-state index in [0.717, 1.165) is 17.7 Å². The Morgan fingerprint density at radius 2 is 1.80 bits per heavy atom. The summed E-state index contributed by atoms with van der Waals surface area (Å²) < 4.78 is 22.4. The minimum atomic E-state index is -3.07. The fourth-order valence-electron chi connectivity index (χ4n) is 1.34. The number of benzene rings is 1. The largest absolute Gasteiger partial charge is 0.224 e. The SMILES string of the molecule is CC(CS)Cc1ccc(S(C)(=O)=O)cc1. The van der Waals surface area contributed by atoms with E-state index in [1.54, 1.807) is 12.1 Å². The highest BCUT2D eigenvalue weighted by Crippen LogP contribution is 2.14. The number of thiol groups is 1. The molecule has 1 unspecified atom stereocenters. The summed E-state index contributed by atoms with van der Waals surface area (Å²) in [6.45, 7) is 2.12. The van der Waals surface area contributed by atoms with Gasteiger partial charge in [-0.15, -0.1) is 0 Å². The van der Waals surface area contributed by atoms with Gasteiger partial charge in [-0.2, -0.15) is 12.6 Å². The summed E-state index contributed by atoms with van der Waals surface area (Å²) in [5.41, 5.74) is 1.16. The maximum Gasteiger partial charge on any atom is 0.175 e. The van der Waals surface area contributed by atoms with E-state index in [4.69, 9.17) is 0 Å². The van der Waals surface area contributed by atoms with Crippen LogP contribution >= 0.6 is 12.6 Å². The summed E-state index contributed by atoms with van der Waals surface area (Å²) in [4.78, 5) is 0.379. The van der Waals surface area contributed by atoms with Gasteiger partial charge in [0.15, 0.2) is 9.84 Å². The molecule has 0 saturated carbocycles. The van der Waals surface area contributed by atoms with Gasteiger partial charge in [0.25, 0.3) is 0 Å². The van der Waals surface area contributed by atoms with Gasteiger partial charge in [-0.1, -0.05) is 19.1 Å². The molecule has 2 nitrogen and oxygen atoms in total. The van der Waals surface area contributed by atoms with Gasteiger partial charge < -0.3 is 0 Å². The van der Waals surface area contributed by atoms with Crippen LogP contribution in [0.15, 0.2) is 29.2 Å². The topological polar surface area (TPSA) is 34.1 Å². The Labute approximate surface area is 97.0 Å². The van der Waals surface area contributed by atoms with E-state index in [-0.39, 0.29) is 0 Å². The molecule has 4 heteroatoms. The first-order chi connectivity index (χ1) is 6.93. The van der Waals surface area contributed by atoms with Gasteiger partial charge in [-0.25, -0.2) is 8.42 Å². The van der Waals surface area contributed by atoms with Crippen molar-refractivity contribution in [2.45, 2.75) is 18.2 Å². The van der Waals surface area contributed by atoms with Crippen molar-refractivity contribution in [2.75, 3.05) is 12.0 Å². The maximum atomic E-state index is 11.2. The van der Waals surface area contributed by atoms with Crippen LogP contribution in [0.2, 0.25) is 0 Å². The van der Waals surface area contributed by atoms with Gasteiger partial charge in [0.05, 0.1) is 4.90 Å². The van der Waals surface area contributed by atoms with Crippen molar-refractivity contribution >= 4 is 22.5 Å². The third-order valence-electron chi connectivity index (χ3n) is 2.25. The van der Waals surface area contributed by atoms with Crippen molar-refractivity contribution in [3.63, 3.8) is 0 Å². The molecule has 0 aliphatic heterocycles. The highest BCUT2D eigenvalue weighted by atomic mass is 32.2. The van der Waals surface area contributed by atoms with Crippen molar-refractivity contribution in [3.05, 3.63) is 29.8 Å². The third-order valence-corrected chi connectivity index (χ3v) is 4.00. The monoisotopic (exact) mass is 244 g/mol. The average molecular weight is 244 g/mol. The first-order valence-electron chi connectivity index (χ1n) is 4.83. The second-order valence-corrected chi connectivity index (χ2v) is 6.29.